The molecule has 0 aliphatic carbocycles. The molecule has 90 valence electrons. The van der Waals surface area contributed by atoms with E-state index in [2.05, 4.69) is 15.3 Å². The Hall–Kier alpha value is -1.39. The fourth-order valence-electron chi connectivity index (χ4n) is 2.50. The van der Waals surface area contributed by atoms with Gasteiger partial charge in [0.1, 0.15) is 11.9 Å². The van der Waals surface area contributed by atoms with Crippen LogP contribution in [-0.2, 0) is 0 Å². The van der Waals surface area contributed by atoms with Gasteiger partial charge in [-0.1, -0.05) is 12.1 Å². The monoisotopic (exact) mass is 231 g/mol. The number of H-pyrrole nitrogens is 1. The number of aromatic nitrogens is 2. The van der Waals surface area contributed by atoms with Crippen molar-refractivity contribution in [3.8, 4) is 0 Å². The van der Waals surface area contributed by atoms with E-state index in [1.807, 2.05) is 24.3 Å². The molecule has 4 nitrogen and oxygen atoms in total. The summed E-state index contributed by atoms with van der Waals surface area (Å²) in [4.78, 5) is 7.67. The molecule has 0 amide bonds. The maximum Gasteiger partial charge on any atom is 0.136 e. The third-order valence-corrected chi connectivity index (χ3v) is 3.52. The van der Waals surface area contributed by atoms with Gasteiger partial charge in [-0.15, -0.1) is 0 Å². The van der Waals surface area contributed by atoms with Crippen LogP contribution in [-0.4, -0.2) is 28.2 Å². The Labute approximate surface area is 100 Å². The summed E-state index contributed by atoms with van der Waals surface area (Å²) in [7, 11) is 0. The lowest BCUT2D eigenvalue weighted by Crippen LogP contribution is -2.31. The molecule has 0 saturated carbocycles. The molecule has 1 aromatic heterocycles. The number of benzene rings is 1. The van der Waals surface area contributed by atoms with Crippen LogP contribution >= 0.6 is 0 Å². The lowest BCUT2D eigenvalue weighted by molar-refractivity contribution is 0.0821. The van der Waals surface area contributed by atoms with E-state index in [-0.39, 0.29) is 0 Å². The summed E-state index contributed by atoms with van der Waals surface area (Å²) in [5, 5.41) is 13.6. The number of aromatic amines is 1. The molecule has 2 aromatic rings. The van der Waals surface area contributed by atoms with Crippen LogP contribution in [0.5, 0.6) is 0 Å². The molecule has 0 bridgehead atoms. The van der Waals surface area contributed by atoms with Crippen LogP contribution in [0.3, 0.4) is 0 Å². The van der Waals surface area contributed by atoms with Crippen LogP contribution in [0.4, 0.5) is 0 Å². The number of hydrogen-bond donors (Lipinski definition) is 3. The van der Waals surface area contributed by atoms with E-state index in [0.717, 1.165) is 37.0 Å². The molecule has 1 aliphatic rings. The summed E-state index contributed by atoms with van der Waals surface area (Å²) in [6.45, 7) is 1.98. The zero-order valence-electron chi connectivity index (χ0n) is 9.69. The number of aliphatic hydroxyl groups excluding tert-OH is 1. The highest BCUT2D eigenvalue weighted by Gasteiger charge is 2.25. The largest absolute Gasteiger partial charge is 0.385 e. The fourth-order valence-corrected chi connectivity index (χ4v) is 2.50. The van der Waals surface area contributed by atoms with Crippen LogP contribution in [0.15, 0.2) is 24.3 Å². The number of nitrogens with zero attached hydrogens (tertiary/aromatic N) is 1. The molecule has 2 heterocycles. The normalized spacial score (nSPS) is 19.6. The summed E-state index contributed by atoms with van der Waals surface area (Å²) in [5.74, 6) is 1.02. The Morgan fingerprint density at radius 3 is 2.76 bits per heavy atom. The zero-order valence-corrected chi connectivity index (χ0v) is 9.69. The van der Waals surface area contributed by atoms with Gasteiger partial charge in [-0.2, -0.15) is 0 Å². The fraction of sp³-hybridized carbons (Fsp3) is 0.462. The van der Waals surface area contributed by atoms with Crippen molar-refractivity contribution in [1.29, 1.82) is 0 Å². The van der Waals surface area contributed by atoms with Crippen molar-refractivity contribution in [2.24, 2.45) is 5.92 Å². The molecule has 4 heteroatoms. The molecule has 1 aliphatic heterocycles. The molecule has 1 fully saturated rings. The minimum absolute atomic E-state index is 0.316. The van der Waals surface area contributed by atoms with Gasteiger partial charge in [0.2, 0.25) is 0 Å². The Morgan fingerprint density at radius 2 is 2.00 bits per heavy atom. The number of imidazole rings is 1. The SMILES string of the molecule is OC(c1nc2ccccc2[nH]1)C1CCNCC1. The molecule has 1 atom stereocenters. The van der Waals surface area contributed by atoms with Crippen molar-refractivity contribution < 1.29 is 5.11 Å². The van der Waals surface area contributed by atoms with Gasteiger partial charge in [-0.25, -0.2) is 4.98 Å². The second kappa shape index (κ2) is 4.47. The van der Waals surface area contributed by atoms with E-state index in [1.165, 1.54) is 0 Å². The average molecular weight is 231 g/mol. The number of fused-ring (bicyclic) bond motifs is 1. The minimum Gasteiger partial charge on any atom is -0.385 e. The molecular formula is C13H17N3O. The van der Waals surface area contributed by atoms with Crippen LogP contribution in [0.1, 0.15) is 24.8 Å². The molecule has 3 rings (SSSR count). The van der Waals surface area contributed by atoms with Crippen LogP contribution in [0, 0.1) is 5.92 Å². The number of rotatable bonds is 2. The number of aliphatic hydroxyl groups is 1. The second-order valence-corrected chi connectivity index (χ2v) is 4.67. The quantitative estimate of drug-likeness (QED) is 0.735. The van der Waals surface area contributed by atoms with Gasteiger partial charge in [0.05, 0.1) is 11.0 Å². The van der Waals surface area contributed by atoms with Crippen molar-refractivity contribution in [3.05, 3.63) is 30.1 Å². The van der Waals surface area contributed by atoms with E-state index >= 15 is 0 Å². The van der Waals surface area contributed by atoms with Crippen LogP contribution in [0.2, 0.25) is 0 Å². The van der Waals surface area contributed by atoms with Gasteiger partial charge in [0.15, 0.2) is 0 Å². The van der Waals surface area contributed by atoms with E-state index in [9.17, 15) is 5.11 Å². The first kappa shape index (κ1) is 10.7. The predicted octanol–water partition coefficient (Wildman–Crippen LogP) is 1.60. The van der Waals surface area contributed by atoms with E-state index in [4.69, 9.17) is 0 Å². The summed E-state index contributed by atoms with van der Waals surface area (Å²) < 4.78 is 0. The van der Waals surface area contributed by atoms with Gasteiger partial charge in [-0.3, -0.25) is 0 Å². The predicted molar refractivity (Wildman–Crippen MR) is 66.6 cm³/mol. The number of nitrogens with one attached hydrogen (secondary N) is 2. The minimum atomic E-state index is -0.468. The van der Waals surface area contributed by atoms with Crippen molar-refractivity contribution in [3.63, 3.8) is 0 Å². The molecule has 17 heavy (non-hydrogen) atoms. The molecule has 1 aromatic carbocycles. The molecule has 3 N–H and O–H groups in total. The first-order chi connectivity index (χ1) is 8.34. The zero-order chi connectivity index (χ0) is 11.7. The molecule has 0 radical (unpaired) electrons. The maximum absolute atomic E-state index is 10.3. The average Bonchev–Trinajstić information content (AvgIpc) is 2.82. The van der Waals surface area contributed by atoms with Gasteiger partial charge < -0.3 is 15.4 Å². The van der Waals surface area contributed by atoms with Gasteiger partial charge in [0, 0.05) is 0 Å². The second-order valence-electron chi connectivity index (χ2n) is 4.67. The number of piperidine rings is 1. The highest BCUT2D eigenvalue weighted by atomic mass is 16.3. The van der Waals surface area contributed by atoms with Crippen LogP contribution in [0.25, 0.3) is 11.0 Å². The van der Waals surface area contributed by atoms with Gasteiger partial charge in [0.25, 0.3) is 0 Å². The lowest BCUT2D eigenvalue weighted by Gasteiger charge is -2.25. The Morgan fingerprint density at radius 1 is 1.24 bits per heavy atom. The maximum atomic E-state index is 10.3. The van der Waals surface area contributed by atoms with E-state index in [0.29, 0.717) is 11.7 Å². The Balaban J connectivity index is 1.86. The highest BCUT2D eigenvalue weighted by molar-refractivity contribution is 5.74. The third-order valence-electron chi connectivity index (χ3n) is 3.52. The lowest BCUT2D eigenvalue weighted by atomic mass is 9.92. The number of para-hydroxylation sites is 2. The Kier molecular flexibility index (Phi) is 2.82. The van der Waals surface area contributed by atoms with Gasteiger partial charge >= 0.3 is 0 Å². The van der Waals surface area contributed by atoms with Crippen molar-refractivity contribution in [2.45, 2.75) is 18.9 Å². The summed E-state index contributed by atoms with van der Waals surface area (Å²) >= 11 is 0. The summed E-state index contributed by atoms with van der Waals surface area (Å²) in [6.07, 6.45) is 1.56. The summed E-state index contributed by atoms with van der Waals surface area (Å²) in [6, 6.07) is 7.89. The third kappa shape index (κ3) is 2.06. The molecule has 0 spiro atoms. The molecule has 1 saturated heterocycles. The summed E-state index contributed by atoms with van der Waals surface area (Å²) in [5.41, 5.74) is 1.92. The number of hydrogen-bond acceptors (Lipinski definition) is 3. The smallest absolute Gasteiger partial charge is 0.136 e. The van der Waals surface area contributed by atoms with Crippen LogP contribution < -0.4 is 5.32 Å². The first-order valence-electron chi connectivity index (χ1n) is 6.18. The van der Waals surface area contributed by atoms with E-state index in [1.54, 1.807) is 0 Å². The topological polar surface area (TPSA) is 60.9 Å². The van der Waals surface area contributed by atoms with Gasteiger partial charge in [-0.05, 0) is 44.0 Å². The van der Waals surface area contributed by atoms with Crippen molar-refractivity contribution >= 4 is 11.0 Å². The molecular weight excluding hydrogens is 214 g/mol. The first-order valence-corrected chi connectivity index (χ1v) is 6.18. The van der Waals surface area contributed by atoms with Crippen molar-refractivity contribution in [2.75, 3.05) is 13.1 Å². The van der Waals surface area contributed by atoms with E-state index < -0.39 is 6.10 Å². The molecule has 1 unspecified atom stereocenters. The highest BCUT2D eigenvalue weighted by Crippen LogP contribution is 2.28. The standard InChI is InChI=1S/C13H17N3O/c17-12(9-5-7-14-8-6-9)13-15-10-3-1-2-4-11(10)16-13/h1-4,9,12,14,17H,5-8H2,(H,15,16). The van der Waals surface area contributed by atoms with Crippen molar-refractivity contribution in [1.82, 2.24) is 15.3 Å². The Bertz CT molecular complexity index is 469.